The summed E-state index contributed by atoms with van der Waals surface area (Å²) < 4.78 is 22.2. The Morgan fingerprint density at radius 1 is 0.786 bits per heavy atom. The normalized spacial score (nSPS) is 8.86. The third kappa shape index (κ3) is 36.3. The number of rotatable bonds is 2. The topological polar surface area (TPSA) is 124 Å². The van der Waals surface area contributed by atoms with Crippen LogP contribution in [0.25, 0.3) is 0 Å². The molecule has 0 fully saturated rings. The first kappa shape index (κ1) is 37.1. The van der Waals surface area contributed by atoms with Gasteiger partial charge in [-0.1, -0.05) is 0 Å². The molecule has 0 radical (unpaired) electrons. The molecule has 14 heavy (non-hydrogen) atoms. The van der Waals surface area contributed by atoms with Crippen molar-refractivity contribution in [3.8, 4) is 0 Å². The van der Waals surface area contributed by atoms with Crippen LogP contribution in [-0.4, -0.2) is 19.6 Å². The average molecular weight is 330 g/mol. The molecule has 0 saturated carbocycles. The molecule has 0 aliphatic heterocycles. The molecule has 0 aromatic carbocycles. The summed E-state index contributed by atoms with van der Waals surface area (Å²) in [5, 5.41) is 0. The van der Waals surface area contributed by atoms with Gasteiger partial charge < -0.3 is 26.7 Å². The smallest absolute Gasteiger partial charge is 1.00 e. The van der Waals surface area contributed by atoms with E-state index in [1.807, 2.05) is 0 Å². The van der Waals surface area contributed by atoms with Crippen LogP contribution in [0.5, 0.6) is 0 Å². The van der Waals surface area contributed by atoms with E-state index < -0.39 is 15.6 Å². The van der Waals surface area contributed by atoms with E-state index in [4.69, 9.17) is 19.6 Å². The zero-order chi connectivity index (χ0) is 7.71. The van der Waals surface area contributed by atoms with Crippen molar-refractivity contribution in [2.75, 3.05) is 0 Å². The molecule has 0 spiro atoms. The quantitative estimate of drug-likeness (QED) is 0.293. The zero-order valence-electron chi connectivity index (χ0n) is 13.9. The minimum absolute atomic E-state index is 0. The fourth-order valence-corrected chi connectivity index (χ4v) is 1.25. The Bertz CT molecular complexity index is 181. The molecular weight excluding hydrogens is 321 g/mol. The van der Waals surface area contributed by atoms with Gasteiger partial charge in [0, 0.05) is 0 Å². The summed E-state index contributed by atoms with van der Waals surface area (Å²) in [6, 6.07) is 0. The van der Waals surface area contributed by atoms with E-state index in [-0.39, 0.29) is 199 Å². The van der Waals surface area contributed by atoms with Crippen LogP contribution in [0.15, 0.2) is 0 Å². The maximum atomic E-state index is 9.63. The first-order valence-electron chi connectivity index (χ1n) is 1.53. The predicted octanol–water partition coefficient (Wildman–Crippen LogP) is -15.2. The van der Waals surface area contributed by atoms with Gasteiger partial charge in [-0.25, -0.2) is 9.13 Å². The summed E-state index contributed by atoms with van der Waals surface area (Å²) in [6.45, 7) is 0. The number of hydrogen-bond acceptors (Lipinski definition) is 3. The summed E-state index contributed by atoms with van der Waals surface area (Å²) in [5.74, 6) is 0. The summed E-state index contributed by atoms with van der Waals surface area (Å²) in [4.78, 5) is 31.0. The van der Waals surface area contributed by atoms with Crippen molar-refractivity contribution >= 4 is 15.6 Å². The molecule has 0 aromatic rings. The van der Waals surface area contributed by atoms with E-state index in [9.17, 15) is 9.13 Å². The molecule has 14 heteroatoms. The molecular formula is H9K2Na3O7P2. The van der Waals surface area contributed by atoms with Gasteiger partial charge >= 0.3 is 207 Å². The second kappa shape index (κ2) is 17.6. The number of phosphoric acid groups is 2. The monoisotopic (exact) mass is 330 g/mol. The Balaban J connectivity index is -0.00000000711. The van der Waals surface area contributed by atoms with Gasteiger partial charge in [0.05, 0.1) is 0 Å². The third-order valence-electron chi connectivity index (χ3n) is 0.213. The van der Waals surface area contributed by atoms with Gasteiger partial charge in [0.15, 0.2) is 0 Å². The summed E-state index contributed by atoms with van der Waals surface area (Å²) in [6.07, 6.45) is 0. The summed E-state index contributed by atoms with van der Waals surface area (Å²) in [5.41, 5.74) is 0. The van der Waals surface area contributed by atoms with Gasteiger partial charge in [0.25, 0.3) is 0 Å². The molecule has 0 aromatic heterocycles. The van der Waals surface area contributed by atoms with E-state index in [1.54, 1.807) is 0 Å². The molecule has 0 unspecified atom stereocenters. The maximum absolute atomic E-state index is 9.63. The van der Waals surface area contributed by atoms with Crippen LogP contribution in [0.2, 0.25) is 0 Å². The molecule has 0 bridgehead atoms. The summed E-state index contributed by atoms with van der Waals surface area (Å²) >= 11 is 0. The van der Waals surface area contributed by atoms with Crippen molar-refractivity contribution < 1.29 is 232 Å². The second-order valence-electron chi connectivity index (χ2n) is 1.06. The molecule has 0 saturated heterocycles. The van der Waals surface area contributed by atoms with Crippen molar-refractivity contribution in [1.82, 2.24) is 0 Å². The third-order valence-corrected chi connectivity index (χ3v) is 1.91. The molecule has 7 nitrogen and oxygen atoms in total. The van der Waals surface area contributed by atoms with Crippen molar-refractivity contribution in [3.05, 3.63) is 0 Å². The molecule has 0 rings (SSSR count). The standard InChI is InChI=1S/2K.3Na.H4O7P2.5H/c;;;;;1-8(2,3)7-9(4,5)6;;;;;/h;;;;;(H2,1,2,3)(H2,4,5,6);;;;;/q5*+1;;5*-1. The van der Waals surface area contributed by atoms with E-state index >= 15 is 0 Å². The zero-order valence-corrected chi connectivity index (χ0v) is 22.9. The van der Waals surface area contributed by atoms with Gasteiger partial charge in [0.1, 0.15) is 0 Å². The molecule has 66 valence electrons. The Kier molecular flexibility index (Phi) is 46.6. The van der Waals surface area contributed by atoms with Crippen molar-refractivity contribution in [2.24, 2.45) is 0 Å². The SMILES string of the molecule is O=P(O)(O)OP(=O)(O)O.[H-].[H-].[H-].[H-].[H-].[K+].[K+].[Na+].[Na+].[Na+]. The molecule has 0 amide bonds. The Morgan fingerprint density at radius 3 is 0.929 bits per heavy atom. The van der Waals surface area contributed by atoms with Crippen LogP contribution in [0.1, 0.15) is 7.13 Å². The number of hydrogen-bond donors (Lipinski definition) is 4. The Labute approximate surface area is 240 Å². The van der Waals surface area contributed by atoms with Crippen LogP contribution >= 0.6 is 15.6 Å². The maximum Gasteiger partial charge on any atom is 1.00 e. The average Bonchev–Trinajstić information content (AvgIpc) is 1.14. The minimum atomic E-state index is -5.05. The van der Waals surface area contributed by atoms with Crippen LogP contribution in [0.4, 0.5) is 0 Å². The van der Waals surface area contributed by atoms with E-state index in [0.717, 1.165) is 0 Å². The minimum Gasteiger partial charge on any atom is -1.00 e. The van der Waals surface area contributed by atoms with E-state index in [0.29, 0.717) is 0 Å². The van der Waals surface area contributed by atoms with Gasteiger partial charge in [-0.3, -0.25) is 0 Å². The van der Waals surface area contributed by atoms with Gasteiger partial charge in [-0.2, -0.15) is 4.31 Å². The van der Waals surface area contributed by atoms with E-state index in [1.165, 1.54) is 0 Å². The van der Waals surface area contributed by atoms with Crippen molar-refractivity contribution in [2.45, 2.75) is 0 Å². The Hall–Kier alpha value is 6.53. The van der Waals surface area contributed by atoms with Gasteiger partial charge in [-0.15, -0.1) is 0 Å². The summed E-state index contributed by atoms with van der Waals surface area (Å²) in [7, 11) is -10.1. The van der Waals surface area contributed by atoms with Crippen LogP contribution in [-0.2, 0) is 13.4 Å². The van der Waals surface area contributed by atoms with Crippen LogP contribution < -0.4 is 191 Å². The van der Waals surface area contributed by atoms with Gasteiger partial charge in [-0.05, 0) is 0 Å². The second-order valence-corrected chi connectivity index (χ2v) is 3.68. The Morgan fingerprint density at radius 2 is 0.929 bits per heavy atom. The molecule has 0 aliphatic carbocycles. The largest absolute Gasteiger partial charge is 1.00 e. The predicted molar refractivity (Wildman–Crippen MR) is 30.7 cm³/mol. The fraction of sp³-hybridized carbons (Fsp3) is 0. The molecule has 0 heterocycles. The molecule has 4 N–H and O–H groups in total. The van der Waals surface area contributed by atoms with Crippen molar-refractivity contribution in [3.63, 3.8) is 0 Å². The molecule has 0 atom stereocenters. The first-order valence-corrected chi connectivity index (χ1v) is 4.59. The van der Waals surface area contributed by atoms with Crippen LogP contribution in [0, 0.1) is 0 Å². The fourth-order valence-electron chi connectivity index (χ4n) is 0.139. The van der Waals surface area contributed by atoms with Crippen LogP contribution in [0.3, 0.4) is 0 Å². The van der Waals surface area contributed by atoms with E-state index in [2.05, 4.69) is 4.31 Å². The molecule has 0 aliphatic rings. The van der Waals surface area contributed by atoms with Crippen molar-refractivity contribution in [1.29, 1.82) is 0 Å². The first-order chi connectivity index (χ1) is 3.71. The van der Waals surface area contributed by atoms with Gasteiger partial charge in [0.2, 0.25) is 0 Å².